The second-order valence-electron chi connectivity index (χ2n) is 6.16. The highest BCUT2D eigenvalue weighted by Crippen LogP contribution is 2.15. The predicted octanol–water partition coefficient (Wildman–Crippen LogP) is 2.57. The number of non-ortho nitro benzene ring substituents is 1. The minimum absolute atomic E-state index is 0.00655. The second kappa shape index (κ2) is 10.4. The van der Waals surface area contributed by atoms with Crippen LogP contribution in [0.4, 0.5) is 5.69 Å². The van der Waals surface area contributed by atoms with E-state index in [9.17, 15) is 19.7 Å². The summed E-state index contributed by atoms with van der Waals surface area (Å²) in [6, 6.07) is 5.92. The molecule has 1 heterocycles. The number of amides is 1. The van der Waals surface area contributed by atoms with Crippen molar-refractivity contribution in [3.8, 4) is 0 Å². The molecule has 1 aliphatic heterocycles. The Morgan fingerprint density at radius 2 is 2.11 bits per heavy atom. The number of nitro benzene ring substituents is 1. The topological polar surface area (TPSA) is 99.0 Å². The first-order valence-electron chi connectivity index (χ1n) is 8.98. The number of benzene rings is 1. The van der Waals surface area contributed by atoms with Gasteiger partial charge in [-0.25, -0.2) is 0 Å². The van der Waals surface area contributed by atoms with Crippen LogP contribution < -0.4 is 0 Å². The summed E-state index contributed by atoms with van der Waals surface area (Å²) in [4.78, 5) is 36.0. The van der Waals surface area contributed by atoms with Gasteiger partial charge in [0.15, 0.2) is 0 Å². The van der Waals surface area contributed by atoms with Crippen molar-refractivity contribution >= 4 is 23.6 Å². The van der Waals surface area contributed by atoms with E-state index < -0.39 is 4.92 Å². The van der Waals surface area contributed by atoms with Gasteiger partial charge in [-0.2, -0.15) is 0 Å². The molecule has 27 heavy (non-hydrogen) atoms. The Labute approximate surface area is 157 Å². The summed E-state index contributed by atoms with van der Waals surface area (Å²) in [5.41, 5.74) is 0.671. The van der Waals surface area contributed by atoms with Gasteiger partial charge in [-0.1, -0.05) is 0 Å². The lowest BCUT2D eigenvalue weighted by Crippen LogP contribution is -2.38. The fourth-order valence-corrected chi connectivity index (χ4v) is 2.77. The van der Waals surface area contributed by atoms with Crippen LogP contribution >= 0.6 is 0 Å². The number of rotatable bonds is 9. The molecule has 146 valence electrons. The van der Waals surface area contributed by atoms with E-state index in [-0.39, 0.29) is 36.6 Å². The molecule has 0 aromatic heterocycles. The maximum Gasteiger partial charge on any atom is 0.307 e. The first-order chi connectivity index (χ1) is 13.0. The van der Waals surface area contributed by atoms with Gasteiger partial charge in [-0.15, -0.1) is 0 Å². The lowest BCUT2D eigenvalue weighted by molar-refractivity contribution is -0.384. The number of nitrogens with zero attached hydrogens (tertiary/aromatic N) is 2. The summed E-state index contributed by atoms with van der Waals surface area (Å²) in [7, 11) is 0. The summed E-state index contributed by atoms with van der Waals surface area (Å²) in [6.45, 7) is 3.40. The maximum atomic E-state index is 12.6. The van der Waals surface area contributed by atoms with Crippen LogP contribution in [-0.2, 0) is 19.1 Å². The van der Waals surface area contributed by atoms with Crippen LogP contribution in [0.25, 0.3) is 6.08 Å². The number of carbonyl (C=O) groups is 2. The molecule has 2 rings (SSSR count). The number of hydrogen-bond acceptors (Lipinski definition) is 6. The van der Waals surface area contributed by atoms with Gasteiger partial charge in [0.2, 0.25) is 5.91 Å². The minimum atomic E-state index is -0.475. The van der Waals surface area contributed by atoms with Crippen molar-refractivity contribution in [3.63, 3.8) is 0 Å². The highest BCUT2D eigenvalue weighted by Gasteiger charge is 2.22. The monoisotopic (exact) mass is 376 g/mol. The molecule has 8 nitrogen and oxygen atoms in total. The van der Waals surface area contributed by atoms with E-state index in [4.69, 9.17) is 9.47 Å². The van der Waals surface area contributed by atoms with E-state index in [2.05, 4.69) is 0 Å². The second-order valence-corrected chi connectivity index (χ2v) is 6.16. The number of ether oxygens (including phenoxy) is 2. The van der Waals surface area contributed by atoms with Gasteiger partial charge in [0, 0.05) is 37.9 Å². The third-order valence-corrected chi connectivity index (χ3v) is 4.17. The summed E-state index contributed by atoms with van der Waals surface area (Å²) >= 11 is 0. The number of nitro groups is 1. The Kier molecular flexibility index (Phi) is 7.94. The van der Waals surface area contributed by atoms with E-state index >= 15 is 0 Å². The van der Waals surface area contributed by atoms with Crippen molar-refractivity contribution in [2.24, 2.45) is 0 Å². The van der Waals surface area contributed by atoms with Crippen LogP contribution in [0, 0.1) is 10.1 Å². The van der Waals surface area contributed by atoms with Crippen molar-refractivity contribution in [2.75, 3.05) is 26.3 Å². The van der Waals surface area contributed by atoms with Gasteiger partial charge in [-0.3, -0.25) is 19.7 Å². The molecule has 1 unspecified atom stereocenters. The molecular weight excluding hydrogens is 352 g/mol. The van der Waals surface area contributed by atoms with Crippen LogP contribution in [-0.4, -0.2) is 54.1 Å². The van der Waals surface area contributed by atoms with Crippen molar-refractivity contribution in [1.82, 2.24) is 4.90 Å². The third-order valence-electron chi connectivity index (χ3n) is 4.17. The zero-order valence-corrected chi connectivity index (χ0v) is 15.3. The van der Waals surface area contributed by atoms with Gasteiger partial charge >= 0.3 is 5.97 Å². The van der Waals surface area contributed by atoms with E-state index in [1.807, 2.05) is 0 Å². The van der Waals surface area contributed by atoms with Crippen molar-refractivity contribution in [3.05, 3.63) is 46.0 Å². The Hall–Kier alpha value is -2.74. The van der Waals surface area contributed by atoms with Crippen LogP contribution in [0.15, 0.2) is 30.3 Å². The Bertz CT molecular complexity index is 680. The van der Waals surface area contributed by atoms with Crippen LogP contribution in [0.1, 0.15) is 31.7 Å². The maximum absolute atomic E-state index is 12.6. The predicted molar refractivity (Wildman–Crippen MR) is 98.9 cm³/mol. The SMILES string of the molecule is CCOC(=O)CCN(CC1CCCO1)C(=O)/C=C/c1ccc([N+](=O)[O-])cc1. The highest BCUT2D eigenvalue weighted by molar-refractivity contribution is 5.92. The summed E-state index contributed by atoms with van der Waals surface area (Å²) in [5.74, 6) is -0.588. The van der Waals surface area contributed by atoms with Gasteiger partial charge in [0.1, 0.15) is 0 Å². The minimum Gasteiger partial charge on any atom is -0.466 e. The average Bonchev–Trinajstić information content (AvgIpc) is 3.17. The molecule has 0 aliphatic carbocycles. The fraction of sp³-hybridized carbons (Fsp3) is 0.474. The molecule has 0 bridgehead atoms. The molecule has 1 saturated heterocycles. The number of esters is 1. The normalized spacial score (nSPS) is 16.4. The molecule has 1 aromatic rings. The standard InChI is InChI=1S/C19H24N2O6/c1-2-26-19(23)11-12-20(14-17-4-3-13-27-17)18(22)10-7-15-5-8-16(9-6-15)21(24)25/h5-10,17H,2-4,11-14H2,1H3/b10-7+. The molecule has 1 fully saturated rings. The average molecular weight is 376 g/mol. The number of hydrogen-bond donors (Lipinski definition) is 0. The van der Waals surface area contributed by atoms with Gasteiger partial charge < -0.3 is 14.4 Å². The zero-order valence-electron chi connectivity index (χ0n) is 15.3. The van der Waals surface area contributed by atoms with E-state index in [0.29, 0.717) is 25.3 Å². The van der Waals surface area contributed by atoms with Crippen LogP contribution in [0.2, 0.25) is 0 Å². The fourth-order valence-electron chi connectivity index (χ4n) is 2.77. The summed E-state index contributed by atoms with van der Waals surface area (Å²) in [6.07, 6.45) is 4.94. The van der Waals surface area contributed by atoms with E-state index in [0.717, 1.165) is 12.8 Å². The molecule has 1 aromatic carbocycles. The molecule has 0 N–H and O–H groups in total. The lowest BCUT2D eigenvalue weighted by Gasteiger charge is -2.24. The number of carbonyl (C=O) groups excluding carboxylic acids is 2. The molecule has 1 aliphatic rings. The van der Waals surface area contributed by atoms with Crippen molar-refractivity contribution in [2.45, 2.75) is 32.3 Å². The van der Waals surface area contributed by atoms with Crippen LogP contribution in [0.5, 0.6) is 0 Å². The Morgan fingerprint density at radius 3 is 2.70 bits per heavy atom. The lowest BCUT2D eigenvalue weighted by atomic mass is 10.2. The smallest absolute Gasteiger partial charge is 0.307 e. The molecule has 0 spiro atoms. The molecule has 0 radical (unpaired) electrons. The van der Waals surface area contributed by atoms with Gasteiger partial charge in [0.05, 0.1) is 24.1 Å². The molecule has 1 atom stereocenters. The third kappa shape index (κ3) is 6.82. The highest BCUT2D eigenvalue weighted by atomic mass is 16.6. The Balaban J connectivity index is 1.99. The molecular formula is C19H24N2O6. The van der Waals surface area contributed by atoms with Gasteiger partial charge in [0.25, 0.3) is 5.69 Å². The summed E-state index contributed by atoms with van der Waals surface area (Å²) in [5, 5.41) is 10.7. The zero-order chi connectivity index (χ0) is 19.6. The first kappa shape index (κ1) is 20.6. The van der Waals surface area contributed by atoms with Crippen molar-refractivity contribution < 1.29 is 24.0 Å². The van der Waals surface area contributed by atoms with Crippen LogP contribution in [0.3, 0.4) is 0 Å². The van der Waals surface area contributed by atoms with E-state index in [1.54, 1.807) is 30.0 Å². The molecule has 1 amide bonds. The van der Waals surface area contributed by atoms with Crippen molar-refractivity contribution in [1.29, 1.82) is 0 Å². The summed E-state index contributed by atoms with van der Waals surface area (Å²) < 4.78 is 10.5. The Morgan fingerprint density at radius 1 is 1.37 bits per heavy atom. The molecule has 8 heteroatoms. The van der Waals surface area contributed by atoms with Gasteiger partial charge in [-0.05, 0) is 43.5 Å². The molecule has 0 saturated carbocycles. The largest absolute Gasteiger partial charge is 0.466 e. The first-order valence-corrected chi connectivity index (χ1v) is 8.98. The quantitative estimate of drug-likeness (QED) is 0.284. The van der Waals surface area contributed by atoms with E-state index in [1.165, 1.54) is 18.2 Å².